The highest BCUT2D eigenvalue weighted by Gasteiger charge is 2.59. The van der Waals surface area contributed by atoms with Crippen LogP contribution >= 0.6 is 23.2 Å². The van der Waals surface area contributed by atoms with Crippen molar-refractivity contribution >= 4 is 46.4 Å². The Labute approximate surface area is 186 Å². The van der Waals surface area contributed by atoms with E-state index >= 15 is 0 Å². The van der Waals surface area contributed by atoms with Crippen molar-refractivity contribution in [1.29, 1.82) is 0 Å². The van der Waals surface area contributed by atoms with Gasteiger partial charge in [0.25, 0.3) is 5.91 Å². The molecule has 0 N–H and O–H groups in total. The van der Waals surface area contributed by atoms with Crippen molar-refractivity contribution in [3.05, 3.63) is 58.6 Å². The fourth-order valence-corrected chi connectivity index (χ4v) is 4.57. The summed E-state index contributed by atoms with van der Waals surface area (Å²) in [5, 5.41) is 2.55. The molecule has 5 nitrogen and oxygen atoms in total. The predicted molar refractivity (Wildman–Crippen MR) is 119 cm³/mol. The number of hydrogen-bond acceptors (Lipinski definition) is 4. The largest absolute Gasteiger partial charge is 0.273 e. The number of imide groups is 1. The average molecular weight is 447 g/mol. The van der Waals surface area contributed by atoms with E-state index in [9.17, 15) is 9.59 Å². The van der Waals surface area contributed by atoms with E-state index in [1.807, 2.05) is 18.2 Å². The fourth-order valence-electron chi connectivity index (χ4n) is 4.27. The lowest BCUT2D eigenvalue weighted by atomic mass is 9.92. The molecular formula is C23H24Cl2N2O3. The molecule has 7 heteroatoms. The van der Waals surface area contributed by atoms with Gasteiger partial charge >= 0.3 is 0 Å². The molecule has 0 spiro atoms. The van der Waals surface area contributed by atoms with Crippen LogP contribution in [-0.2, 0) is 14.4 Å². The highest BCUT2D eigenvalue weighted by Crippen LogP contribution is 2.43. The number of para-hydroxylation sites is 1. The second-order valence-corrected chi connectivity index (χ2v) is 8.55. The van der Waals surface area contributed by atoms with Gasteiger partial charge in [0.15, 0.2) is 6.10 Å². The van der Waals surface area contributed by atoms with Crippen LogP contribution in [0.5, 0.6) is 0 Å². The summed E-state index contributed by atoms with van der Waals surface area (Å²) in [5.74, 6) is -1.08. The van der Waals surface area contributed by atoms with Gasteiger partial charge < -0.3 is 0 Å². The average Bonchev–Trinajstić information content (AvgIpc) is 3.24. The van der Waals surface area contributed by atoms with E-state index in [1.165, 1.54) is 4.90 Å². The fraction of sp³-hybridized carbons (Fsp3) is 0.391. The summed E-state index contributed by atoms with van der Waals surface area (Å²) in [6.07, 6.45) is 4.21. The van der Waals surface area contributed by atoms with Gasteiger partial charge in [0.1, 0.15) is 0 Å². The maximum atomic E-state index is 13.3. The van der Waals surface area contributed by atoms with E-state index in [0.717, 1.165) is 32.1 Å². The van der Waals surface area contributed by atoms with Gasteiger partial charge in [-0.15, -0.1) is 0 Å². The number of hydrogen-bond donors (Lipinski definition) is 0. The number of nitrogens with zero attached hydrogens (tertiary/aromatic N) is 2. The van der Waals surface area contributed by atoms with Crippen molar-refractivity contribution in [1.82, 2.24) is 0 Å². The first-order valence-corrected chi connectivity index (χ1v) is 11.1. The molecule has 0 radical (unpaired) electrons. The van der Waals surface area contributed by atoms with Gasteiger partial charge in [0.05, 0.1) is 33.4 Å². The molecular weight excluding hydrogens is 423 g/mol. The normalized spacial score (nSPS) is 23.4. The summed E-state index contributed by atoms with van der Waals surface area (Å²) in [7, 11) is 0. The van der Waals surface area contributed by atoms with Crippen molar-refractivity contribution in [2.75, 3.05) is 9.96 Å². The van der Waals surface area contributed by atoms with E-state index in [-0.39, 0.29) is 17.9 Å². The standard InChI is InChI=1S/C23H24Cl2N2O3/c1-2-3-4-8-11-19-20-21(30-27(19)16-12-13-17(24)18(25)14-16)23(29)26(22(20)28)15-9-6-5-7-10-15/h5-7,9-10,12-14,19-21H,2-4,8,11H2,1H3/t19-,20+,21-/m1/s1. The lowest BCUT2D eigenvalue weighted by Crippen LogP contribution is -2.40. The zero-order valence-electron chi connectivity index (χ0n) is 16.8. The lowest BCUT2D eigenvalue weighted by Gasteiger charge is -2.28. The topological polar surface area (TPSA) is 49.9 Å². The first kappa shape index (κ1) is 21.2. The quantitative estimate of drug-likeness (QED) is 0.407. The Morgan fingerprint density at radius 3 is 2.37 bits per heavy atom. The molecule has 3 atom stereocenters. The summed E-state index contributed by atoms with van der Waals surface area (Å²) >= 11 is 12.3. The highest BCUT2D eigenvalue weighted by molar-refractivity contribution is 6.42. The van der Waals surface area contributed by atoms with Gasteiger partial charge in [-0.2, -0.15) is 0 Å². The molecule has 2 aromatic rings. The molecule has 0 aliphatic carbocycles. The van der Waals surface area contributed by atoms with Crippen LogP contribution in [0.25, 0.3) is 0 Å². The number of carbonyl (C=O) groups excluding carboxylic acids is 2. The van der Waals surface area contributed by atoms with Crippen LogP contribution < -0.4 is 9.96 Å². The van der Waals surface area contributed by atoms with Crippen LogP contribution in [0, 0.1) is 5.92 Å². The second-order valence-electron chi connectivity index (χ2n) is 7.74. The molecule has 2 amide bonds. The van der Waals surface area contributed by atoms with Gasteiger partial charge in [0.2, 0.25) is 5.91 Å². The van der Waals surface area contributed by atoms with Crippen molar-refractivity contribution in [3.8, 4) is 0 Å². The number of halogens is 2. The number of benzene rings is 2. The van der Waals surface area contributed by atoms with E-state index in [2.05, 4.69) is 6.92 Å². The molecule has 0 saturated carbocycles. The minimum absolute atomic E-state index is 0.209. The third kappa shape index (κ3) is 3.82. The second kappa shape index (κ2) is 8.96. The number of amides is 2. The number of rotatable bonds is 7. The van der Waals surface area contributed by atoms with E-state index in [1.54, 1.807) is 35.4 Å². The first-order chi connectivity index (χ1) is 14.5. The van der Waals surface area contributed by atoms with Crippen molar-refractivity contribution < 1.29 is 14.4 Å². The maximum absolute atomic E-state index is 13.3. The Morgan fingerprint density at radius 1 is 0.900 bits per heavy atom. The Morgan fingerprint density at radius 2 is 1.67 bits per heavy atom. The molecule has 2 saturated heterocycles. The summed E-state index contributed by atoms with van der Waals surface area (Å²) in [4.78, 5) is 33.8. The Bertz CT molecular complexity index is 937. The summed E-state index contributed by atoms with van der Waals surface area (Å²) in [6, 6.07) is 14.0. The van der Waals surface area contributed by atoms with Crippen molar-refractivity contribution in [3.63, 3.8) is 0 Å². The molecule has 2 fully saturated rings. The van der Waals surface area contributed by atoms with E-state index in [4.69, 9.17) is 28.0 Å². The molecule has 158 valence electrons. The summed E-state index contributed by atoms with van der Waals surface area (Å²) < 4.78 is 0. The van der Waals surface area contributed by atoms with Crippen LogP contribution in [0.3, 0.4) is 0 Å². The van der Waals surface area contributed by atoms with Gasteiger partial charge in [-0.05, 0) is 36.8 Å². The minimum atomic E-state index is -0.830. The molecule has 2 heterocycles. The molecule has 2 aliphatic heterocycles. The van der Waals surface area contributed by atoms with E-state index < -0.39 is 12.0 Å². The molecule has 0 bridgehead atoms. The van der Waals surface area contributed by atoms with Gasteiger partial charge in [0, 0.05) is 0 Å². The van der Waals surface area contributed by atoms with Crippen LogP contribution in [-0.4, -0.2) is 24.0 Å². The monoisotopic (exact) mass is 446 g/mol. The molecule has 2 aliphatic rings. The van der Waals surface area contributed by atoms with Gasteiger partial charge in [-0.1, -0.05) is 74.0 Å². The molecule has 4 rings (SSSR count). The molecule has 2 aromatic carbocycles. The highest BCUT2D eigenvalue weighted by atomic mass is 35.5. The third-order valence-corrected chi connectivity index (χ3v) is 6.50. The SMILES string of the molecule is CCCCCC[C@@H]1[C@@H]2C(=O)N(c3ccccc3)C(=O)[C@@H]2ON1c1ccc(Cl)c(Cl)c1. The zero-order chi connectivity index (χ0) is 21.3. The number of unbranched alkanes of at least 4 members (excludes halogenated alkanes) is 3. The maximum Gasteiger partial charge on any atom is 0.266 e. The summed E-state index contributed by atoms with van der Waals surface area (Å²) in [5.41, 5.74) is 1.28. The number of hydroxylamine groups is 1. The number of carbonyl (C=O) groups is 2. The lowest BCUT2D eigenvalue weighted by molar-refractivity contribution is -0.126. The zero-order valence-corrected chi connectivity index (χ0v) is 18.3. The number of fused-ring (bicyclic) bond motifs is 1. The first-order valence-electron chi connectivity index (χ1n) is 10.4. The molecule has 0 unspecified atom stereocenters. The van der Waals surface area contributed by atoms with Crippen LogP contribution in [0.1, 0.15) is 39.0 Å². The van der Waals surface area contributed by atoms with Crippen molar-refractivity contribution in [2.45, 2.75) is 51.2 Å². The van der Waals surface area contributed by atoms with Gasteiger partial charge in [-0.3, -0.25) is 14.4 Å². The van der Waals surface area contributed by atoms with Crippen molar-refractivity contribution in [2.24, 2.45) is 5.92 Å². The Kier molecular flexibility index (Phi) is 6.32. The molecule has 0 aromatic heterocycles. The molecule has 30 heavy (non-hydrogen) atoms. The van der Waals surface area contributed by atoms with Gasteiger partial charge in [-0.25, -0.2) is 9.96 Å². The third-order valence-electron chi connectivity index (χ3n) is 5.76. The minimum Gasteiger partial charge on any atom is -0.273 e. The summed E-state index contributed by atoms with van der Waals surface area (Å²) in [6.45, 7) is 2.16. The smallest absolute Gasteiger partial charge is 0.266 e. The van der Waals surface area contributed by atoms with Crippen LogP contribution in [0.4, 0.5) is 11.4 Å². The van der Waals surface area contributed by atoms with Crippen LogP contribution in [0.2, 0.25) is 10.0 Å². The predicted octanol–water partition coefficient (Wildman–Crippen LogP) is 5.64. The Balaban J connectivity index is 1.64. The van der Waals surface area contributed by atoms with Crippen LogP contribution in [0.15, 0.2) is 48.5 Å². The van der Waals surface area contributed by atoms with E-state index in [0.29, 0.717) is 21.4 Å². The Hall–Kier alpha value is -2.08. The number of anilines is 2.